The Morgan fingerprint density at radius 3 is 2.30 bits per heavy atom. The molecular formula is C19H11ClO3. The molecule has 3 aromatic carbocycles. The quantitative estimate of drug-likeness (QED) is 0.503. The highest BCUT2D eigenvalue weighted by molar-refractivity contribution is 6.31. The highest BCUT2D eigenvalue weighted by Gasteiger charge is 2.09. The SMILES string of the molecule is O=c1c2ccc(Cl)cc2oc2ccc(-c3ccc(O)cc3)cc12. The molecule has 0 fully saturated rings. The minimum absolute atomic E-state index is 0.0847. The molecule has 1 heterocycles. The molecule has 0 bridgehead atoms. The third-order valence-electron chi connectivity index (χ3n) is 3.83. The zero-order valence-electron chi connectivity index (χ0n) is 11.9. The van der Waals surface area contributed by atoms with Gasteiger partial charge in [0.15, 0.2) is 0 Å². The van der Waals surface area contributed by atoms with Crippen molar-refractivity contribution in [2.45, 2.75) is 0 Å². The second-order valence-electron chi connectivity index (χ2n) is 5.33. The molecule has 0 saturated carbocycles. The molecule has 0 spiro atoms. The first-order valence-corrected chi connectivity index (χ1v) is 7.45. The lowest BCUT2D eigenvalue weighted by Crippen LogP contribution is -2.02. The molecule has 23 heavy (non-hydrogen) atoms. The molecule has 0 aliphatic carbocycles. The van der Waals surface area contributed by atoms with Crippen LogP contribution in [-0.2, 0) is 0 Å². The van der Waals surface area contributed by atoms with E-state index in [2.05, 4.69) is 0 Å². The topological polar surface area (TPSA) is 50.4 Å². The lowest BCUT2D eigenvalue weighted by atomic mass is 10.0. The van der Waals surface area contributed by atoms with Crippen LogP contribution in [0.5, 0.6) is 5.75 Å². The van der Waals surface area contributed by atoms with Gasteiger partial charge in [0.1, 0.15) is 16.9 Å². The van der Waals surface area contributed by atoms with E-state index < -0.39 is 0 Å². The van der Waals surface area contributed by atoms with Gasteiger partial charge in [-0.05, 0) is 47.5 Å². The van der Waals surface area contributed by atoms with Crippen molar-refractivity contribution in [3.05, 3.63) is 75.9 Å². The van der Waals surface area contributed by atoms with Gasteiger partial charge < -0.3 is 9.52 Å². The van der Waals surface area contributed by atoms with Crippen LogP contribution in [0.15, 0.2) is 69.9 Å². The first kappa shape index (κ1) is 13.9. The van der Waals surface area contributed by atoms with Crippen molar-refractivity contribution in [3.63, 3.8) is 0 Å². The maximum Gasteiger partial charge on any atom is 0.200 e. The maximum absolute atomic E-state index is 12.7. The van der Waals surface area contributed by atoms with Crippen LogP contribution in [0.4, 0.5) is 0 Å². The second-order valence-corrected chi connectivity index (χ2v) is 5.77. The van der Waals surface area contributed by atoms with Gasteiger partial charge in [-0.25, -0.2) is 0 Å². The second kappa shape index (κ2) is 5.14. The zero-order chi connectivity index (χ0) is 16.0. The molecule has 0 unspecified atom stereocenters. The molecule has 0 aliphatic rings. The molecule has 0 radical (unpaired) electrons. The molecule has 0 atom stereocenters. The van der Waals surface area contributed by atoms with Gasteiger partial charge in [0, 0.05) is 11.1 Å². The molecule has 4 aromatic rings. The highest BCUT2D eigenvalue weighted by Crippen LogP contribution is 2.27. The van der Waals surface area contributed by atoms with Crippen LogP contribution in [-0.4, -0.2) is 5.11 Å². The summed E-state index contributed by atoms with van der Waals surface area (Å²) >= 11 is 5.96. The Bertz CT molecular complexity index is 1100. The number of hydrogen-bond donors (Lipinski definition) is 1. The van der Waals surface area contributed by atoms with E-state index >= 15 is 0 Å². The van der Waals surface area contributed by atoms with Crippen molar-refractivity contribution >= 4 is 33.5 Å². The molecule has 4 rings (SSSR count). The van der Waals surface area contributed by atoms with Gasteiger partial charge in [-0.2, -0.15) is 0 Å². The van der Waals surface area contributed by atoms with Crippen molar-refractivity contribution < 1.29 is 9.52 Å². The van der Waals surface area contributed by atoms with Crippen molar-refractivity contribution in [3.8, 4) is 16.9 Å². The van der Waals surface area contributed by atoms with E-state index in [9.17, 15) is 9.90 Å². The van der Waals surface area contributed by atoms with E-state index in [0.29, 0.717) is 27.0 Å². The fraction of sp³-hybridized carbons (Fsp3) is 0. The van der Waals surface area contributed by atoms with Crippen molar-refractivity contribution in [1.82, 2.24) is 0 Å². The molecule has 0 saturated heterocycles. The Hall–Kier alpha value is -2.78. The lowest BCUT2D eigenvalue weighted by Gasteiger charge is -2.05. The molecule has 1 aromatic heterocycles. The van der Waals surface area contributed by atoms with Crippen LogP contribution in [0.3, 0.4) is 0 Å². The van der Waals surface area contributed by atoms with Gasteiger partial charge in [-0.3, -0.25) is 4.79 Å². The van der Waals surface area contributed by atoms with Crippen molar-refractivity contribution in [2.24, 2.45) is 0 Å². The van der Waals surface area contributed by atoms with Crippen LogP contribution < -0.4 is 5.43 Å². The normalized spacial score (nSPS) is 11.2. The Morgan fingerprint density at radius 2 is 1.52 bits per heavy atom. The number of aromatic hydroxyl groups is 1. The zero-order valence-corrected chi connectivity index (χ0v) is 12.7. The Morgan fingerprint density at radius 1 is 0.783 bits per heavy atom. The minimum atomic E-state index is -0.0847. The molecule has 0 amide bonds. The predicted molar refractivity (Wildman–Crippen MR) is 92.1 cm³/mol. The van der Waals surface area contributed by atoms with E-state index in [4.69, 9.17) is 16.0 Å². The highest BCUT2D eigenvalue weighted by atomic mass is 35.5. The van der Waals surface area contributed by atoms with Gasteiger partial charge >= 0.3 is 0 Å². The number of phenolic OH excluding ortho intramolecular Hbond substituents is 1. The van der Waals surface area contributed by atoms with Gasteiger partial charge in [-0.1, -0.05) is 29.8 Å². The summed E-state index contributed by atoms with van der Waals surface area (Å²) in [6.45, 7) is 0. The van der Waals surface area contributed by atoms with Crippen LogP contribution in [0, 0.1) is 0 Å². The summed E-state index contributed by atoms with van der Waals surface area (Å²) < 4.78 is 5.79. The molecule has 0 aliphatic heterocycles. The molecule has 112 valence electrons. The summed E-state index contributed by atoms with van der Waals surface area (Å²) in [6.07, 6.45) is 0. The van der Waals surface area contributed by atoms with E-state index in [0.717, 1.165) is 11.1 Å². The smallest absolute Gasteiger partial charge is 0.200 e. The van der Waals surface area contributed by atoms with Crippen LogP contribution in [0.1, 0.15) is 0 Å². The number of hydrogen-bond acceptors (Lipinski definition) is 3. The molecule has 1 N–H and O–H groups in total. The number of rotatable bonds is 1. The number of phenols is 1. The summed E-state index contributed by atoms with van der Waals surface area (Å²) in [5, 5.41) is 10.9. The average Bonchev–Trinajstić information content (AvgIpc) is 2.55. The lowest BCUT2D eigenvalue weighted by molar-refractivity contribution is 0.475. The van der Waals surface area contributed by atoms with E-state index in [1.165, 1.54) is 0 Å². The summed E-state index contributed by atoms with van der Waals surface area (Å²) in [5.74, 6) is 0.205. The minimum Gasteiger partial charge on any atom is -0.508 e. The van der Waals surface area contributed by atoms with Crippen molar-refractivity contribution in [2.75, 3.05) is 0 Å². The Balaban J connectivity index is 2.00. The number of benzene rings is 3. The van der Waals surface area contributed by atoms with Crippen LogP contribution >= 0.6 is 11.6 Å². The third-order valence-corrected chi connectivity index (χ3v) is 4.07. The maximum atomic E-state index is 12.7. The fourth-order valence-corrected chi connectivity index (χ4v) is 2.82. The third kappa shape index (κ3) is 2.35. The standard InChI is InChI=1S/C19H11ClO3/c20-13-4-7-15-18(10-13)23-17-8-3-12(9-16(17)19(15)22)11-1-5-14(21)6-2-11/h1-10,21H. The molecular weight excluding hydrogens is 312 g/mol. The first-order chi connectivity index (χ1) is 11.1. The van der Waals surface area contributed by atoms with Crippen LogP contribution in [0.2, 0.25) is 5.02 Å². The van der Waals surface area contributed by atoms with E-state index in [1.807, 2.05) is 12.1 Å². The average molecular weight is 323 g/mol. The first-order valence-electron chi connectivity index (χ1n) is 7.07. The fourth-order valence-electron chi connectivity index (χ4n) is 2.66. The molecule has 3 nitrogen and oxygen atoms in total. The Kier molecular flexibility index (Phi) is 3.10. The summed E-state index contributed by atoms with van der Waals surface area (Å²) in [4.78, 5) is 12.7. The van der Waals surface area contributed by atoms with Crippen molar-refractivity contribution in [1.29, 1.82) is 0 Å². The predicted octanol–water partition coefficient (Wildman–Crippen LogP) is 4.97. The summed E-state index contributed by atoms with van der Waals surface area (Å²) in [6, 6.07) is 17.3. The van der Waals surface area contributed by atoms with Gasteiger partial charge in [0.25, 0.3) is 0 Å². The Labute approximate surface area is 136 Å². The summed E-state index contributed by atoms with van der Waals surface area (Å²) in [7, 11) is 0. The largest absolute Gasteiger partial charge is 0.508 e. The summed E-state index contributed by atoms with van der Waals surface area (Å²) in [5.41, 5.74) is 2.72. The van der Waals surface area contributed by atoms with E-state index in [1.54, 1.807) is 48.5 Å². The van der Waals surface area contributed by atoms with Gasteiger partial charge in [0.05, 0.1) is 10.8 Å². The van der Waals surface area contributed by atoms with E-state index in [-0.39, 0.29) is 11.2 Å². The monoisotopic (exact) mass is 322 g/mol. The van der Waals surface area contributed by atoms with Gasteiger partial charge in [0.2, 0.25) is 5.43 Å². The number of halogens is 1. The molecule has 4 heteroatoms. The van der Waals surface area contributed by atoms with Gasteiger partial charge in [-0.15, -0.1) is 0 Å². The van der Waals surface area contributed by atoms with Crippen LogP contribution in [0.25, 0.3) is 33.1 Å². The number of fused-ring (bicyclic) bond motifs is 2.